The van der Waals surface area contributed by atoms with E-state index >= 15 is 0 Å². The molecule has 2 atom stereocenters. The lowest BCUT2D eigenvalue weighted by atomic mass is 10.0. The molecule has 1 aliphatic carbocycles. The molecular formula is C13H15FO5. The third-order valence-corrected chi connectivity index (χ3v) is 3.01. The molecule has 0 amide bonds. The minimum absolute atomic E-state index is 0.0597. The molecule has 0 spiro atoms. The van der Waals surface area contributed by atoms with Gasteiger partial charge in [-0.15, -0.1) is 0 Å². The molecule has 0 radical (unpaired) electrons. The van der Waals surface area contributed by atoms with Crippen molar-refractivity contribution in [3.8, 4) is 5.75 Å². The molecule has 0 aromatic heterocycles. The number of rotatable bonds is 6. The van der Waals surface area contributed by atoms with E-state index in [-0.39, 0.29) is 11.3 Å². The van der Waals surface area contributed by atoms with Crippen LogP contribution < -0.4 is 4.74 Å². The Labute approximate surface area is 109 Å². The maximum atomic E-state index is 13.2. The molecule has 1 aromatic carbocycles. The molecule has 6 heteroatoms. The highest BCUT2D eigenvalue weighted by atomic mass is 19.1. The number of halogens is 1. The number of aliphatic hydroxyl groups is 2. The molecule has 1 aromatic rings. The second-order valence-electron chi connectivity index (χ2n) is 4.66. The summed E-state index contributed by atoms with van der Waals surface area (Å²) in [7, 11) is 0. The SMILES string of the molecule is O=C(O)C(O)C(O)c1cc(F)ccc1OCC1CC1. The van der Waals surface area contributed by atoms with Gasteiger partial charge in [0.05, 0.1) is 6.61 Å². The Bertz CT molecular complexity index is 472. The highest BCUT2D eigenvalue weighted by Crippen LogP contribution is 2.33. The van der Waals surface area contributed by atoms with Crippen molar-refractivity contribution in [2.24, 2.45) is 5.92 Å². The predicted octanol–water partition coefficient (Wildman–Crippen LogP) is 1.09. The topological polar surface area (TPSA) is 87.0 Å². The van der Waals surface area contributed by atoms with Crippen LogP contribution in [0.1, 0.15) is 24.5 Å². The van der Waals surface area contributed by atoms with E-state index in [2.05, 4.69) is 0 Å². The van der Waals surface area contributed by atoms with Gasteiger partial charge in [0.2, 0.25) is 0 Å². The zero-order chi connectivity index (χ0) is 14.0. The molecule has 0 bridgehead atoms. The Hall–Kier alpha value is -1.66. The maximum absolute atomic E-state index is 13.2. The van der Waals surface area contributed by atoms with Crippen LogP contribution in [-0.4, -0.2) is 34.0 Å². The number of carboxylic acids is 1. The number of carboxylic acid groups (broad SMARTS) is 1. The predicted molar refractivity (Wildman–Crippen MR) is 63.2 cm³/mol. The fourth-order valence-corrected chi connectivity index (χ4v) is 1.68. The molecule has 5 nitrogen and oxygen atoms in total. The van der Waals surface area contributed by atoms with Gasteiger partial charge in [-0.05, 0) is 37.0 Å². The first-order valence-electron chi connectivity index (χ1n) is 6.00. The highest BCUT2D eigenvalue weighted by molar-refractivity contribution is 5.73. The van der Waals surface area contributed by atoms with Crippen LogP contribution in [0.15, 0.2) is 18.2 Å². The van der Waals surface area contributed by atoms with E-state index in [1.165, 1.54) is 6.07 Å². The van der Waals surface area contributed by atoms with Crippen LogP contribution in [0, 0.1) is 11.7 Å². The summed E-state index contributed by atoms with van der Waals surface area (Å²) in [4.78, 5) is 10.6. The van der Waals surface area contributed by atoms with Gasteiger partial charge in [0.1, 0.15) is 17.7 Å². The van der Waals surface area contributed by atoms with Crippen molar-refractivity contribution in [2.75, 3.05) is 6.61 Å². The van der Waals surface area contributed by atoms with E-state index in [9.17, 15) is 19.4 Å². The van der Waals surface area contributed by atoms with Gasteiger partial charge in [-0.2, -0.15) is 0 Å². The molecular weight excluding hydrogens is 255 g/mol. The van der Waals surface area contributed by atoms with Gasteiger partial charge in [-0.1, -0.05) is 0 Å². The Kier molecular flexibility index (Phi) is 4.01. The lowest BCUT2D eigenvalue weighted by Crippen LogP contribution is -2.28. The monoisotopic (exact) mass is 270 g/mol. The second kappa shape index (κ2) is 5.54. The van der Waals surface area contributed by atoms with Crippen LogP contribution >= 0.6 is 0 Å². The molecule has 2 unspecified atom stereocenters. The van der Waals surface area contributed by atoms with Gasteiger partial charge in [-0.25, -0.2) is 9.18 Å². The summed E-state index contributed by atoms with van der Waals surface area (Å²) in [6, 6.07) is 3.45. The standard InChI is InChI=1S/C13H15FO5/c14-8-3-4-10(19-6-7-1-2-7)9(5-8)11(15)12(16)13(17)18/h3-5,7,11-12,15-16H,1-2,6H2,(H,17,18). The van der Waals surface area contributed by atoms with E-state index in [4.69, 9.17) is 9.84 Å². The van der Waals surface area contributed by atoms with Crippen LogP contribution in [-0.2, 0) is 4.79 Å². The summed E-state index contributed by atoms with van der Waals surface area (Å²) >= 11 is 0. The zero-order valence-electron chi connectivity index (χ0n) is 10.1. The number of hydrogen-bond acceptors (Lipinski definition) is 4. The molecule has 104 valence electrons. The van der Waals surface area contributed by atoms with Crippen LogP contribution in [0.3, 0.4) is 0 Å². The van der Waals surface area contributed by atoms with E-state index in [1.54, 1.807) is 0 Å². The van der Waals surface area contributed by atoms with Crippen LogP contribution in [0.2, 0.25) is 0 Å². The van der Waals surface area contributed by atoms with Crippen molar-refractivity contribution < 1.29 is 29.2 Å². The molecule has 0 aliphatic heterocycles. The summed E-state index contributed by atoms with van der Waals surface area (Å²) < 4.78 is 18.6. The molecule has 1 saturated carbocycles. The van der Waals surface area contributed by atoms with E-state index in [1.807, 2.05) is 0 Å². The average Bonchev–Trinajstić information content (AvgIpc) is 3.19. The number of ether oxygens (including phenoxy) is 1. The minimum Gasteiger partial charge on any atom is -0.493 e. The van der Waals surface area contributed by atoms with Crippen molar-refractivity contribution in [3.63, 3.8) is 0 Å². The van der Waals surface area contributed by atoms with Gasteiger partial charge in [0.25, 0.3) is 0 Å². The number of hydrogen-bond donors (Lipinski definition) is 3. The van der Waals surface area contributed by atoms with Gasteiger partial charge in [0, 0.05) is 5.56 Å². The fourth-order valence-electron chi connectivity index (χ4n) is 1.68. The van der Waals surface area contributed by atoms with Crippen molar-refractivity contribution in [1.29, 1.82) is 0 Å². The summed E-state index contributed by atoms with van der Waals surface area (Å²) in [5.41, 5.74) is -0.0597. The van der Waals surface area contributed by atoms with E-state index in [0.717, 1.165) is 25.0 Å². The van der Waals surface area contributed by atoms with Crippen LogP contribution in [0.25, 0.3) is 0 Å². The number of aliphatic hydroxyl groups excluding tert-OH is 2. The van der Waals surface area contributed by atoms with Crippen LogP contribution in [0.5, 0.6) is 5.75 Å². The Morgan fingerprint density at radius 3 is 2.68 bits per heavy atom. The number of aliphatic carboxylic acids is 1. The number of carbonyl (C=O) groups is 1. The second-order valence-corrected chi connectivity index (χ2v) is 4.66. The summed E-state index contributed by atoms with van der Waals surface area (Å²) in [5.74, 6) is -1.56. The van der Waals surface area contributed by atoms with Gasteiger partial charge in [-0.3, -0.25) is 0 Å². The van der Waals surface area contributed by atoms with Gasteiger partial charge >= 0.3 is 5.97 Å². The lowest BCUT2D eigenvalue weighted by Gasteiger charge is -2.18. The molecule has 0 heterocycles. The normalized spacial score (nSPS) is 17.8. The molecule has 0 saturated heterocycles. The largest absolute Gasteiger partial charge is 0.493 e. The third-order valence-electron chi connectivity index (χ3n) is 3.01. The van der Waals surface area contributed by atoms with Crippen molar-refractivity contribution >= 4 is 5.97 Å². The molecule has 1 aliphatic rings. The highest BCUT2D eigenvalue weighted by Gasteiger charge is 2.29. The first-order chi connectivity index (χ1) is 8.99. The van der Waals surface area contributed by atoms with Crippen molar-refractivity contribution in [2.45, 2.75) is 25.0 Å². The summed E-state index contributed by atoms with van der Waals surface area (Å²) in [6.07, 6.45) is -1.62. The Balaban J connectivity index is 2.19. The molecule has 2 rings (SSSR count). The Morgan fingerprint density at radius 2 is 2.11 bits per heavy atom. The Morgan fingerprint density at radius 1 is 1.42 bits per heavy atom. The quantitative estimate of drug-likeness (QED) is 0.720. The van der Waals surface area contributed by atoms with Crippen molar-refractivity contribution in [1.82, 2.24) is 0 Å². The third kappa shape index (κ3) is 3.42. The smallest absolute Gasteiger partial charge is 0.335 e. The molecule has 3 N–H and O–H groups in total. The lowest BCUT2D eigenvalue weighted by molar-refractivity contribution is -0.153. The average molecular weight is 270 g/mol. The summed E-state index contributed by atoms with van der Waals surface area (Å²) in [5, 5.41) is 27.8. The number of benzene rings is 1. The van der Waals surface area contributed by atoms with Crippen molar-refractivity contribution in [3.05, 3.63) is 29.6 Å². The first kappa shape index (κ1) is 13.8. The maximum Gasteiger partial charge on any atom is 0.335 e. The van der Waals surface area contributed by atoms with E-state index in [0.29, 0.717) is 12.5 Å². The van der Waals surface area contributed by atoms with Gasteiger partial charge in [0.15, 0.2) is 6.10 Å². The molecule has 1 fully saturated rings. The zero-order valence-corrected chi connectivity index (χ0v) is 10.1. The summed E-state index contributed by atoms with van der Waals surface area (Å²) in [6.45, 7) is 0.439. The van der Waals surface area contributed by atoms with Crippen LogP contribution in [0.4, 0.5) is 4.39 Å². The van der Waals surface area contributed by atoms with E-state index < -0.39 is 24.0 Å². The minimum atomic E-state index is -2.02. The fraction of sp³-hybridized carbons (Fsp3) is 0.462. The molecule has 19 heavy (non-hydrogen) atoms. The van der Waals surface area contributed by atoms with Gasteiger partial charge < -0.3 is 20.1 Å². The first-order valence-corrected chi connectivity index (χ1v) is 6.00.